The number of ether oxygens (including phenoxy) is 5. The van der Waals surface area contributed by atoms with Crippen molar-refractivity contribution in [2.75, 3.05) is 13.2 Å². The van der Waals surface area contributed by atoms with E-state index in [1.54, 1.807) is 0 Å². The van der Waals surface area contributed by atoms with Gasteiger partial charge in [-0.25, -0.2) is 4.79 Å². The molecule has 3 N–H and O–H groups in total. The Morgan fingerprint density at radius 3 is 1.26 bits per heavy atom. The van der Waals surface area contributed by atoms with E-state index in [0.29, 0.717) is 19.3 Å². The summed E-state index contributed by atoms with van der Waals surface area (Å²) in [5, 5.41) is 31.5. The molecule has 446 valence electrons. The standard InChI is InChI=1S/C65H114O12/c1-4-7-10-13-16-19-22-25-27-29-31-34-36-39-42-45-48-51-57(66)73-54-56(75-58(67)52-49-46-43-40-38-35-32-30-28-26-23-20-17-14-11-8-5-2)55-74-65-63(61(70)60(69)62(77-65)64(71)72)76-59(68)53-50-47-44-41-37-33-24-21-18-15-12-9-6-3/h7,10,16,19,25-28,56,60-63,65,69-70H,4-6,8-9,11-15,17-18,20-24,29-55H2,1-3H3,(H,71,72)/b10-7-,19-16-,27-25-,28-26-. The van der Waals surface area contributed by atoms with Crippen molar-refractivity contribution in [3.05, 3.63) is 48.6 Å². The van der Waals surface area contributed by atoms with Gasteiger partial charge in [0.05, 0.1) is 6.61 Å². The number of aliphatic hydroxyl groups excluding tert-OH is 2. The number of carboxylic acids is 1. The van der Waals surface area contributed by atoms with Crippen molar-refractivity contribution in [2.45, 2.75) is 327 Å². The first-order valence-corrected chi connectivity index (χ1v) is 31.6. The van der Waals surface area contributed by atoms with Crippen molar-refractivity contribution in [3.63, 3.8) is 0 Å². The van der Waals surface area contributed by atoms with Crippen LogP contribution in [0.25, 0.3) is 0 Å². The molecule has 1 aliphatic rings. The Balaban J connectivity index is 2.67. The molecule has 0 saturated carbocycles. The Labute approximate surface area is 469 Å². The zero-order chi connectivity index (χ0) is 56.1. The number of allylic oxidation sites excluding steroid dienone is 8. The molecular formula is C65H114O12. The van der Waals surface area contributed by atoms with E-state index in [0.717, 1.165) is 109 Å². The van der Waals surface area contributed by atoms with Crippen LogP contribution in [0.2, 0.25) is 0 Å². The third-order valence-electron chi connectivity index (χ3n) is 14.4. The minimum atomic E-state index is -1.90. The highest BCUT2D eigenvalue weighted by Gasteiger charge is 2.50. The number of unbranched alkanes of at least 4 members (excludes halogenated alkanes) is 32. The highest BCUT2D eigenvalue weighted by Crippen LogP contribution is 2.27. The third kappa shape index (κ3) is 43.2. The number of esters is 3. The van der Waals surface area contributed by atoms with Gasteiger partial charge in [0.2, 0.25) is 0 Å². The van der Waals surface area contributed by atoms with Gasteiger partial charge >= 0.3 is 23.9 Å². The van der Waals surface area contributed by atoms with Crippen LogP contribution in [-0.4, -0.2) is 89.2 Å². The fourth-order valence-electron chi connectivity index (χ4n) is 9.56. The van der Waals surface area contributed by atoms with Crippen molar-refractivity contribution in [2.24, 2.45) is 0 Å². The summed E-state index contributed by atoms with van der Waals surface area (Å²) in [6.07, 6.45) is 52.1. The molecule has 0 aromatic rings. The normalized spacial score (nSPS) is 18.3. The van der Waals surface area contributed by atoms with E-state index >= 15 is 0 Å². The first kappa shape index (κ1) is 71.7. The molecule has 0 spiro atoms. The first-order valence-electron chi connectivity index (χ1n) is 31.6. The summed E-state index contributed by atoms with van der Waals surface area (Å²) in [5.41, 5.74) is 0. The fraction of sp³-hybridized carbons (Fsp3) is 0.815. The maximum atomic E-state index is 13.2. The van der Waals surface area contributed by atoms with E-state index in [1.807, 2.05) is 0 Å². The van der Waals surface area contributed by atoms with Crippen molar-refractivity contribution in [3.8, 4) is 0 Å². The monoisotopic (exact) mass is 1090 g/mol. The molecule has 1 rings (SSSR count). The number of hydrogen-bond acceptors (Lipinski definition) is 11. The minimum Gasteiger partial charge on any atom is -0.479 e. The lowest BCUT2D eigenvalue weighted by molar-refractivity contribution is -0.301. The maximum absolute atomic E-state index is 13.2. The van der Waals surface area contributed by atoms with Gasteiger partial charge in [-0.05, 0) is 77.0 Å². The molecular weight excluding hydrogens is 973 g/mol. The molecule has 0 radical (unpaired) electrons. The van der Waals surface area contributed by atoms with E-state index in [-0.39, 0.29) is 25.9 Å². The van der Waals surface area contributed by atoms with E-state index < -0.39 is 67.3 Å². The smallest absolute Gasteiger partial charge is 0.335 e. The van der Waals surface area contributed by atoms with Crippen LogP contribution in [0.3, 0.4) is 0 Å². The summed E-state index contributed by atoms with van der Waals surface area (Å²) in [5.74, 6) is -3.11. The predicted molar refractivity (Wildman–Crippen MR) is 312 cm³/mol. The summed E-state index contributed by atoms with van der Waals surface area (Å²) < 4.78 is 28.5. The molecule has 0 aliphatic carbocycles. The topological polar surface area (TPSA) is 175 Å². The summed E-state index contributed by atoms with van der Waals surface area (Å²) in [4.78, 5) is 51.2. The molecule has 77 heavy (non-hydrogen) atoms. The summed E-state index contributed by atoms with van der Waals surface area (Å²) in [7, 11) is 0. The summed E-state index contributed by atoms with van der Waals surface area (Å²) in [6.45, 7) is 5.89. The van der Waals surface area contributed by atoms with E-state index in [1.165, 1.54) is 122 Å². The molecule has 1 heterocycles. The predicted octanol–water partition coefficient (Wildman–Crippen LogP) is 16.6. The van der Waals surface area contributed by atoms with Gasteiger partial charge < -0.3 is 39.0 Å². The molecule has 0 amide bonds. The zero-order valence-corrected chi connectivity index (χ0v) is 49.2. The number of carboxylic acid groups (broad SMARTS) is 1. The van der Waals surface area contributed by atoms with Gasteiger partial charge in [-0.2, -0.15) is 0 Å². The Bertz CT molecular complexity index is 1520. The van der Waals surface area contributed by atoms with E-state index in [4.69, 9.17) is 23.7 Å². The van der Waals surface area contributed by atoms with E-state index in [2.05, 4.69) is 69.4 Å². The van der Waals surface area contributed by atoms with Crippen molar-refractivity contribution < 1.29 is 58.2 Å². The van der Waals surface area contributed by atoms with Crippen LogP contribution in [0.1, 0.15) is 290 Å². The second kappa shape index (κ2) is 53.3. The van der Waals surface area contributed by atoms with Crippen molar-refractivity contribution in [1.29, 1.82) is 0 Å². The van der Waals surface area contributed by atoms with Crippen LogP contribution >= 0.6 is 0 Å². The Morgan fingerprint density at radius 1 is 0.442 bits per heavy atom. The molecule has 0 aromatic carbocycles. The number of carbonyl (C=O) groups excluding carboxylic acids is 3. The number of rotatable bonds is 54. The lowest BCUT2D eigenvalue weighted by Crippen LogP contribution is -2.61. The average Bonchev–Trinajstić information content (AvgIpc) is 3.42. The van der Waals surface area contributed by atoms with Gasteiger partial charge in [-0.1, -0.05) is 243 Å². The third-order valence-corrected chi connectivity index (χ3v) is 14.4. The Kier molecular flexibility index (Phi) is 49.7. The minimum absolute atomic E-state index is 0.0631. The fourth-order valence-corrected chi connectivity index (χ4v) is 9.56. The highest BCUT2D eigenvalue weighted by atomic mass is 16.7. The summed E-state index contributed by atoms with van der Waals surface area (Å²) in [6, 6.07) is 0. The lowest BCUT2D eigenvalue weighted by Gasteiger charge is -2.40. The van der Waals surface area contributed by atoms with Gasteiger partial charge in [-0.15, -0.1) is 0 Å². The molecule has 0 bridgehead atoms. The van der Waals surface area contributed by atoms with Crippen LogP contribution in [0.15, 0.2) is 48.6 Å². The SMILES string of the molecule is CC/C=C\C/C=C\C/C=C\CCCCCCCCCC(=O)OCC(COC1OC(C(=O)O)C(O)C(O)C1OC(=O)CCCCCCCCCCCCCCC)OC(=O)CCCCCCCCC/C=C\CCCCCCCC. The molecule has 6 unspecified atom stereocenters. The van der Waals surface area contributed by atoms with Crippen molar-refractivity contribution in [1.82, 2.24) is 0 Å². The molecule has 1 aliphatic heterocycles. The van der Waals surface area contributed by atoms with Gasteiger partial charge in [0, 0.05) is 19.3 Å². The molecule has 0 aromatic heterocycles. The molecule has 12 heteroatoms. The molecule has 1 saturated heterocycles. The second-order valence-corrected chi connectivity index (χ2v) is 21.7. The number of aliphatic carboxylic acids is 1. The van der Waals surface area contributed by atoms with Crippen molar-refractivity contribution >= 4 is 23.9 Å². The van der Waals surface area contributed by atoms with Gasteiger partial charge in [0.25, 0.3) is 0 Å². The van der Waals surface area contributed by atoms with Gasteiger partial charge in [0.15, 0.2) is 24.6 Å². The Morgan fingerprint density at radius 2 is 0.818 bits per heavy atom. The summed E-state index contributed by atoms with van der Waals surface area (Å²) >= 11 is 0. The number of hydrogen-bond donors (Lipinski definition) is 3. The van der Waals surface area contributed by atoms with Crippen LogP contribution < -0.4 is 0 Å². The van der Waals surface area contributed by atoms with Gasteiger partial charge in [-0.3, -0.25) is 14.4 Å². The average molecular weight is 1090 g/mol. The lowest BCUT2D eigenvalue weighted by atomic mass is 9.98. The molecule has 6 atom stereocenters. The number of aliphatic hydroxyl groups is 2. The van der Waals surface area contributed by atoms with Crippen LogP contribution in [0.5, 0.6) is 0 Å². The maximum Gasteiger partial charge on any atom is 0.335 e. The molecule has 1 fully saturated rings. The van der Waals surface area contributed by atoms with Gasteiger partial charge in [0.1, 0.15) is 18.8 Å². The second-order valence-electron chi connectivity index (χ2n) is 21.7. The quantitative estimate of drug-likeness (QED) is 0.0228. The van der Waals surface area contributed by atoms with E-state index in [9.17, 15) is 34.5 Å². The van der Waals surface area contributed by atoms with Crippen LogP contribution in [-0.2, 0) is 42.9 Å². The number of carbonyl (C=O) groups is 4. The largest absolute Gasteiger partial charge is 0.479 e. The van der Waals surface area contributed by atoms with Crippen LogP contribution in [0.4, 0.5) is 0 Å². The first-order chi connectivity index (χ1) is 37.6. The Hall–Kier alpha value is -3.32. The zero-order valence-electron chi connectivity index (χ0n) is 49.2. The van der Waals surface area contributed by atoms with Crippen LogP contribution in [0, 0.1) is 0 Å². The molecule has 12 nitrogen and oxygen atoms in total. The highest BCUT2D eigenvalue weighted by molar-refractivity contribution is 5.74.